The summed E-state index contributed by atoms with van der Waals surface area (Å²) < 4.78 is 1.26. The molecule has 2 aromatic heterocycles. The van der Waals surface area contributed by atoms with E-state index in [0.717, 1.165) is 18.0 Å². The third-order valence-corrected chi connectivity index (χ3v) is 7.30. The molecule has 2 saturated heterocycles. The number of allylic oxidation sites excluding steroid dienone is 1. The van der Waals surface area contributed by atoms with E-state index in [1.807, 2.05) is 0 Å². The van der Waals surface area contributed by atoms with Crippen molar-refractivity contribution < 1.29 is 28.5 Å². The van der Waals surface area contributed by atoms with Crippen LogP contribution in [-0.2, 0) is 0 Å². The van der Waals surface area contributed by atoms with Gasteiger partial charge in [0.1, 0.15) is 0 Å². The highest BCUT2D eigenvalue weighted by atomic mass is 127. The van der Waals surface area contributed by atoms with Crippen molar-refractivity contribution in [1.82, 2.24) is 0 Å². The highest BCUT2D eigenvalue weighted by molar-refractivity contribution is 7.08. The Bertz CT molecular complexity index is 605. The molecule has 0 radical (unpaired) electrons. The summed E-state index contributed by atoms with van der Waals surface area (Å²) in [4.78, 5) is 0. The first-order chi connectivity index (χ1) is 10.6. The minimum atomic E-state index is 0. The number of halogens is 1. The van der Waals surface area contributed by atoms with E-state index in [9.17, 15) is 0 Å². The van der Waals surface area contributed by atoms with Crippen molar-refractivity contribution >= 4 is 28.2 Å². The second-order valence-corrected chi connectivity index (χ2v) is 8.91. The normalized spacial score (nSPS) is 28.2. The van der Waals surface area contributed by atoms with Gasteiger partial charge in [-0.25, -0.2) is 0 Å². The second kappa shape index (κ2) is 6.98. The molecule has 124 valence electrons. The molecule has 0 amide bonds. The van der Waals surface area contributed by atoms with E-state index in [2.05, 4.69) is 53.8 Å². The van der Waals surface area contributed by atoms with E-state index in [0.29, 0.717) is 0 Å². The molecule has 4 rings (SSSR count). The number of piperidine rings is 1. The third kappa shape index (κ3) is 3.32. The Morgan fingerprint density at radius 3 is 1.96 bits per heavy atom. The Morgan fingerprint density at radius 2 is 1.52 bits per heavy atom. The summed E-state index contributed by atoms with van der Waals surface area (Å²) >= 11 is 3.60. The molecule has 2 bridgehead atoms. The van der Waals surface area contributed by atoms with Crippen LogP contribution >= 0.6 is 22.7 Å². The van der Waals surface area contributed by atoms with Crippen LogP contribution in [0.3, 0.4) is 0 Å². The molecule has 0 aromatic carbocycles. The fourth-order valence-corrected chi connectivity index (χ4v) is 5.80. The van der Waals surface area contributed by atoms with E-state index in [1.54, 1.807) is 22.7 Å². The minimum Gasteiger partial charge on any atom is -1.00 e. The number of rotatable bonds is 3. The summed E-state index contributed by atoms with van der Waals surface area (Å²) in [7, 11) is 4.89. The van der Waals surface area contributed by atoms with Crippen LogP contribution in [0.2, 0.25) is 0 Å². The molecule has 2 aliphatic heterocycles. The Morgan fingerprint density at radius 1 is 1.00 bits per heavy atom. The Labute approximate surface area is 164 Å². The fraction of sp³-hybridized carbons (Fsp3) is 0.474. The van der Waals surface area contributed by atoms with Gasteiger partial charge in [-0.1, -0.05) is 6.08 Å². The molecule has 23 heavy (non-hydrogen) atoms. The van der Waals surface area contributed by atoms with Gasteiger partial charge in [-0.15, -0.1) is 0 Å². The van der Waals surface area contributed by atoms with E-state index in [1.165, 1.54) is 46.9 Å². The summed E-state index contributed by atoms with van der Waals surface area (Å²) in [5.41, 5.74) is 4.25. The molecule has 2 fully saturated rings. The number of nitrogens with zero attached hydrogens (tertiary/aromatic N) is 1. The molecular weight excluding hydrogens is 433 g/mol. The molecule has 2 atom stereocenters. The number of fused-ring (bicyclic) bond motifs is 2. The van der Waals surface area contributed by atoms with Crippen LogP contribution in [0.1, 0.15) is 36.8 Å². The van der Waals surface area contributed by atoms with Crippen LogP contribution in [0.15, 0.2) is 39.7 Å². The van der Waals surface area contributed by atoms with Crippen LogP contribution in [0.25, 0.3) is 5.57 Å². The summed E-state index contributed by atoms with van der Waals surface area (Å²) in [6.45, 7) is 0. The Kier molecular flexibility index (Phi) is 5.36. The van der Waals surface area contributed by atoms with Crippen molar-refractivity contribution in [2.75, 3.05) is 14.1 Å². The first kappa shape index (κ1) is 17.6. The lowest BCUT2D eigenvalue weighted by Gasteiger charge is -2.43. The molecule has 4 heterocycles. The predicted octanol–water partition coefficient (Wildman–Crippen LogP) is 2.26. The lowest BCUT2D eigenvalue weighted by molar-refractivity contribution is -0.931. The van der Waals surface area contributed by atoms with Crippen LogP contribution in [0.5, 0.6) is 0 Å². The van der Waals surface area contributed by atoms with Gasteiger partial charge in [0.2, 0.25) is 0 Å². The zero-order valence-electron chi connectivity index (χ0n) is 13.7. The smallest absolute Gasteiger partial charge is 0.0896 e. The summed E-state index contributed by atoms with van der Waals surface area (Å²) in [5, 5.41) is 8.97. The van der Waals surface area contributed by atoms with Gasteiger partial charge >= 0.3 is 0 Å². The van der Waals surface area contributed by atoms with Gasteiger partial charge in [0.05, 0.1) is 26.2 Å². The zero-order chi connectivity index (χ0) is 15.2. The average Bonchev–Trinajstić information content (AvgIpc) is 3.19. The Hall–Kier alpha value is -0.170. The number of hydrogen-bond donors (Lipinski definition) is 0. The largest absolute Gasteiger partial charge is 1.00 e. The van der Waals surface area contributed by atoms with Gasteiger partial charge in [-0.3, -0.25) is 0 Å². The quantitative estimate of drug-likeness (QED) is 0.490. The fourth-order valence-electron chi connectivity index (χ4n) is 4.49. The summed E-state index contributed by atoms with van der Waals surface area (Å²) in [6, 6.07) is 6.27. The van der Waals surface area contributed by atoms with Gasteiger partial charge in [-0.05, 0) is 56.3 Å². The molecule has 2 aliphatic rings. The first-order valence-electron chi connectivity index (χ1n) is 8.25. The van der Waals surface area contributed by atoms with Crippen molar-refractivity contribution in [3.8, 4) is 0 Å². The maximum absolute atomic E-state index is 2.59. The predicted molar refractivity (Wildman–Crippen MR) is 97.4 cm³/mol. The van der Waals surface area contributed by atoms with Crippen LogP contribution < -0.4 is 24.0 Å². The lowest BCUT2D eigenvalue weighted by atomic mass is 9.86. The molecule has 0 spiro atoms. The zero-order valence-corrected chi connectivity index (χ0v) is 17.5. The van der Waals surface area contributed by atoms with Crippen molar-refractivity contribution in [2.24, 2.45) is 5.92 Å². The summed E-state index contributed by atoms with van der Waals surface area (Å²) in [6.07, 6.45) is 8.17. The van der Waals surface area contributed by atoms with Crippen LogP contribution in [0.4, 0.5) is 0 Å². The van der Waals surface area contributed by atoms with Crippen molar-refractivity contribution in [2.45, 2.75) is 37.8 Å². The molecule has 2 unspecified atom stereocenters. The molecule has 0 aliphatic carbocycles. The van der Waals surface area contributed by atoms with Gasteiger partial charge in [0, 0.05) is 25.7 Å². The number of quaternary nitrogens is 1. The van der Waals surface area contributed by atoms with Gasteiger partial charge < -0.3 is 28.5 Å². The van der Waals surface area contributed by atoms with E-state index < -0.39 is 0 Å². The van der Waals surface area contributed by atoms with E-state index in [4.69, 9.17) is 0 Å². The van der Waals surface area contributed by atoms with Crippen molar-refractivity contribution in [1.29, 1.82) is 0 Å². The van der Waals surface area contributed by atoms with Crippen LogP contribution in [-0.4, -0.2) is 30.7 Å². The molecular formula is C19H24INS2. The Balaban J connectivity index is 0.00000156. The average molecular weight is 457 g/mol. The van der Waals surface area contributed by atoms with Gasteiger partial charge in [-0.2, -0.15) is 22.7 Å². The second-order valence-electron chi connectivity index (χ2n) is 7.35. The standard InChI is InChI=1S/C19H24NS2.HI/c1-20(2)17-3-4-18(20)10-14(9-17)11-19(15-5-7-21-12-15)16-6-8-22-13-16;/h5-8,11-14,17-18H,3-4,9-10H2,1-2H3;1H/q+1;/p-1. The lowest BCUT2D eigenvalue weighted by Crippen LogP contribution is -3.00. The van der Waals surface area contributed by atoms with E-state index in [-0.39, 0.29) is 24.0 Å². The maximum atomic E-state index is 2.59. The topological polar surface area (TPSA) is 0 Å². The summed E-state index contributed by atoms with van der Waals surface area (Å²) in [5.74, 6) is 0.749. The van der Waals surface area contributed by atoms with E-state index >= 15 is 0 Å². The number of thiophene rings is 2. The molecule has 4 heteroatoms. The highest BCUT2D eigenvalue weighted by Crippen LogP contribution is 2.43. The van der Waals surface area contributed by atoms with Crippen LogP contribution in [0, 0.1) is 5.92 Å². The van der Waals surface area contributed by atoms with Crippen molar-refractivity contribution in [3.05, 3.63) is 50.9 Å². The molecule has 1 nitrogen and oxygen atoms in total. The third-order valence-electron chi connectivity index (χ3n) is 5.93. The first-order valence-corrected chi connectivity index (χ1v) is 10.1. The van der Waals surface area contributed by atoms with Crippen molar-refractivity contribution in [3.63, 3.8) is 0 Å². The maximum Gasteiger partial charge on any atom is 0.0896 e. The highest BCUT2D eigenvalue weighted by Gasteiger charge is 2.48. The molecule has 0 saturated carbocycles. The number of hydrogen-bond acceptors (Lipinski definition) is 2. The molecule has 0 N–H and O–H groups in total. The monoisotopic (exact) mass is 457 g/mol. The van der Waals surface area contributed by atoms with Gasteiger partial charge in [0.15, 0.2) is 0 Å². The molecule has 2 aromatic rings. The SMILES string of the molecule is C[N+]1(C)C2CCC1CC(C=C(c1ccsc1)c1ccsc1)C2.[I-]. The minimum absolute atomic E-state index is 0. The van der Waals surface area contributed by atoms with Gasteiger partial charge in [0.25, 0.3) is 0 Å².